The molecule has 3 rings (SSSR count). The van der Waals surface area contributed by atoms with Gasteiger partial charge in [-0.25, -0.2) is 0 Å². The second kappa shape index (κ2) is 2.76. The van der Waals surface area contributed by atoms with Gasteiger partial charge in [0.05, 0.1) is 16.0 Å². The molecule has 1 aliphatic heterocycles. The molecule has 0 saturated carbocycles. The number of para-hydroxylation sites is 1. The highest BCUT2D eigenvalue weighted by Gasteiger charge is 2.37. The summed E-state index contributed by atoms with van der Waals surface area (Å²) >= 11 is 2.01. The number of nitrogens with one attached hydrogen (secondary N) is 1. The van der Waals surface area contributed by atoms with Crippen molar-refractivity contribution in [3.63, 3.8) is 0 Å². The lowest BCUT2D eigenvalue weighted by molar-refractivity contribution is 0.608. The van der Waals surface area contributed by atoms with Gasteiger partial charge in [0, 0.05) is 5.39 Å². The van der Waals surface area contributed by atoms with Crippen LogP contribution < -0.4 is 0 Å². The molecule has 2 aromatic rings. The van der Waals surface area contributed by atoms with Gasteiger partial charge in [0.1, 0.15) is 0 Å². The Labute approximate surface area is 87.1 Å². The first kappa shape index (κ1) is 8.36. The molecule has 0 aliphatic carbocycles. The summed E-state index contributed by atoms with van der Waals surface area (Å²) < 4.78 is 0.274. The summed E-state index contributed by atoms with van der Waals surface area (Å²) in [5.74, 6) is 1.27. The van der Waals surface area contributed by atoms with Gasteiger partial charge >= 0.3 is 0 Å². The molecule has 14 heavy (non-hydrogen) atoms. The van der Waals surface area contributed by atoms with E-state index in [0.717, 1.165) is 5.52 Å². The molecule has 2 heterocycles. The number of aromatic amines is 1. The fraction of sp³-hybridized carbons (Fsp3) is 0.364. The predicted octanol–water partition coefficient (Wildman–Crippen LogP) is 2.92. The van der Waals surface area contributed by atoms with E-state index in [2.05, 4.69) is 35.3 Å². The minimum Gasteiger partial charge on any atom is -0.280 e. The Morgan fingerprint density at radius 1 is 1.43 bits per heavy atom. The van der Waals surface area contributed by atoms with Crippen molar-refractivity contribution in [2.75, 3.05) is 5.75 Å². The number of nitrogens with zero attached hydrogens (tertiary/aromatic N) is 1. The van der Waals surface area contributed by atoms with E-state index in [1.54, 1.807) is 0 Å². The van der Waals surface area contributed by atoms with Crippen LogP contribution in [0.25, 0.3) is 10.9 Å². The summed E-state index contributed by atoms with van der Waals surface area (Å²) in [5.41, 5.74) is 2.38. The molecule has 1 fully saturated rings. The average Bonchev–Trinajstić information content (AvgIpc) is 2.58. The maximum Gasteiger partial charge on any atom is 0.0924 e. The largest absolute Gasteiger partial charge is 0.280 e. The highest BCUT2D eigenvalue weighted by molar-refractivity contribution is 8.01. The van der Waals surface area contributed by atoms with E-state index in [9.17, 15) is 0 Å². The van der Waals surface area contributed by atoms with Crippen LogP contribution in [0.5, 0.6) is 0 Å². The van der Waals surface area contributed by atoms with E-state index in [1.165, 1.54) is 23.3 Å². The first-order chi connectivity index (χ1) is 6.80. The summed E-state index contributed by atoms with van der Waals surface area (Å²) in [7, 11) is 0. The van der Waals surface area contributed by atoms with Crippen LogP contribution in [0.4, 0.5) is 0 Å². The third kappa shape index (κ3) is 1.02. The van der Waals surface area contributed by atoms with Crippen LogP contribution in [0.1, 0.15) is 19.0 Å². The Morgan fingerprint density at radius 2 is 2.21 bits per heavy atom. The molecule has 0 amide bonds. The summed E-state index contributed by atoms with van der Waals surface area (Å²) in [6.07, 6.45) is 1.25. The maximum atomic E-state index is 4.33. The van der Waals surface area contributed by atoms with Crippen LogP contribution in [-0.2, 0) is 4.75 Å². The molecular formula is C11H12N2S. The van der Waals surface area contributed by atoms with E-state index in [-0.39, 0.29) is 4.75 Å². The number of H-pyrrole nitrogens is 1. The first-order valence-corrected chi connectivity index (χ1v) is 5.86. The molecule has 1 aliphatic rings. The lowest BCUT2D eigenvalue weighted by Gasteiger charge is -2.36. The van der Waals surface area contributed by atoms with Crippen molar-refractivity contribution in [3.8, 4) is 0 Å². The van der Waals surface area contributed by atoms with Crippen molar-refractivity contribution in [3.05, 3.63) is 30.0 Å². The zero-order valence-electron chi connectivity index (χ0n) is 8.08. The summed E-state index contributed by atoms with van der Waals surface area (Å²) in [4.78, 5) is 0. The third-order valence-electron chi connectivity index (χ3n) is 2.99. The smallest absolute Gasteiger partial charge is 0.0924 e. The number of aromatic nitrogens is 2. The fourth-order valence-corrected chi connectivity index (χ4v) is 3.08. The van der Waals surface area contributed by atoms with Gasteiger partial charge in [-0.1, -0.05) is 18.2 Å². The van der Waals surface area contributed by atoms with Gasteiger partial charge < -0.3 is 0 Å². The van der Waals surface area contributed by atoms with Gasteiger partial charge in [-0.2, -0.15) is 5.10 Å². The van der Waals surface area contributed by atoms with Gasteiger partial charge in [-0.3, -0.25) is 5.10 Å². The van der Waals surface area contributed by atoms with Crippen LogP contribution >= 0.6 is 11.8 Å². The van der Waals surface area contributed by atoms with E-state index in [0.29, 0.717) is 0 Å². The lowest BCUT2D eigenvalue weighted by atomic mass is 9.99. The molecule has 1 saturated heterocycles. The normalized spacial score (nSPS) is 26.4. The van der Waals surface area contributed by atoms with Crippen molar-refractivity contribution in [1.82, 2.24) is 10.2 Å². The number of rotatable bonds is 1. The Balaban J connectivity index is 2.22. The van der Waals surface area contributed by atoms with Crippen molar-refractivity contribution < 1.29 is 0 Å². The monoisotopic (exact) mass is 204 g/mol. The van der Waals surface area contributed by atoms with E-state index < -0.39 is 0 Å². The molecule has 3 heteroatoms. The van der Waals surface area contributed by atoms with Crippen LogP contribution in [0.2, 0.25) is 0 Å². The number of benzene rings is 1. The Hall–Kier alpha value is -0.960. The van der Waals surface area contributed by atoms with E-state index >= 15 is 0 Å². The Morgan fingerprint density at radius 3 is 2.93 bits per heavy atom. The molecular weight excluding hydrogens is 192 g/mol. The quantitative estimate of drug-likeness (QED) is 0.773. The Kier molecular flexibility index (Phi) is 1.65. The average molecular weight is 204 g/mol. The summed E-state index contributed by atoms with van der Waals surface area (Å²) in [6.45, 7) is 2.29. The van der Waals surface area contributed by atoms with Crippen LogP contribution in [0.3, 0.4) is 0 Å². The molecule has 1 N–H and O–H groups in total. The molecule has 2 nitrogen and oxygen atoms in total. The van der Waals surface area contributed by atoms with E-state index in [1.807, 2.05) is 17.8 Å². The summed E-state index contributed by atoms with van der Waals surface area (Å²) in [6, 6.07) is 8.32. The van der Waals surface area contributed by atoms with Crippen molar-refractivity contribution in [1.29, 1.82) is 0 Å². The topological polar surface area (TPSA) is 28.7 Å². The van der Waals surface area contributed by atoms with Crippen molar-refractivity contribution >= 4 is 22.7 Å². The zero-order valence-corrected chi connectivity index (χ0v) is 8.90. The SMILES string of the molecule is CC1(c2[nH]nc3ccccc23)CCS1. The molecule has 1 unspecified atom stereocenters. The highest BCUT2D eigenvalue weighted by atomic mass is 32.2. The lowest BCUT2D eigenvalue weighted by Crippen LogP contribution is -2.28. The van der Waals surface area contributed by atoms with E-state index in [4.69, 9.17) is 0 Å². The van der Waals surface area contributed by atoms with Crippen LogP contribution in [0.15, 0.2) is 24.3 Å². The minimum atomic E-state index is 0.274. The molecule has 1 aromatic heterocycles. The van der Waals surface area contributed by atoms with Gasteiger partial charge in [0.15, 0.2) is 0 Å². The van der Waals surface area contributed by atoms with Gasteiger partial charge in [-0.05, 0) is 25.2 Å². The molecule has 0 bridgehead atoms. The second-order valence-electron chi connectivity index (χ2n) is 3.95. The fourth-order valence-electron chi connectivity index (χ4n) is 1.97. The predicted molar refractivity (Wildman–Crippen MR) is 60.5 cm³/mol. The molecule has 0 radical (unpaired) electrons. The minimum absolute atomic E-state index is 0.274. The van der Waals surface area contributed by atoms with Gasteiger partial charge in [0.2, 0.25) is 0 Å². The Bertz CT molecular complexity index is 471. The highest BCUT2D eigenvalue weighted by Crippen LogP contribution is 2.49. The van der Waals surface area contributed by atoms with Crippen LogP contribution in [0, 0.1) is 0 Å². The van der Waals surface area contributed by atoms with Gasteiger partial charge in [-0.15, -0.1) is 11.8 Å². The molecule has 1 atom stereocenters. The number of thioether (sulfide) groups is 1. The number of hydrogen-bond acceptors (Lipinski definition) is 2. The maximum absolute atomic E-state index is 4.33. The molecule has 0 spiro atoms. The van der Waals surface area contributed by atoms with Crippen molar-refractivity contribution in [2.24, 2.45) is 0 Å². The zero-order chi connectivity index (χ0) is 9.60. The number of hydrogen-bond donors (Lipinski definition) is 1. The standard InChI is InChI=1S/C11H12N2S/c1-11(6-7-14-11)10-8-4-2-3-5-9(8)12-13-10/h2-5H,6-7H2,1H3,(H,12,13). The van der Waals surface area contributed by atoms with Crippen molar-refractivity contribution in [2.45, 2.75) is 18.1 Å². The molecule has 1 aromatic carbocycles. The molecule has 72 valence electrons. The van der Waals surface area contributed by atoms with Crippen LogP contribution in [-0.4, -0.2) is 16.0 Å². The number of fused-ring (bicyclic) bond motifs is 1. The van der Waals surface area contributed by atoms with Gasteiger partial charge in [0.25, 0.3) is 0 Å². The second-order valence-corrected chi connectivity index (χ2v) is 5.54. The third-order valence-corrected chi connectivity index (χ3v) is 4.44. The first-order valence-electron chi connectivity index (χ1n) is 4.87. The summed E-state index contributed by atoms with van der Waals surface area (Å²) in [5, 5.41) is 8.79.